The van der Waals surface area contributed by atoms with Crippen LogP contribution in [0, 0.1) is 0 Å². The highest BCUT2D eigenvalue weighted by atomic mass is 16.4. The van der Waals surface area contributed by atoms with Crippen molar-refractivity contribution in [1.29, 1.82) is 0 Å². The maximum Gasteiger partial charge on any atom is 0.337 e. The first-order valence-corrected chi connectivity index (χ1v) is 5.73. The third kappa shape index (κ3) is 4.82. The number of hydrogen-bond acceptors (Lipinski definition) is 5. The highest BCUT2D eigenvalue weighted by Crippen LogP contribution is 2.16. The van der Waals surface area contributed by atoms with E-state index < -0.39 is 5.97 Å². The Bertz CT molecular complexity index is 494. The fourth-order valence-corrected chi connectivity index (χ4v) is 1.37. The number of nitrogens with one attached hydrogen (secondary N) is 2. The maximum atomic E-state index is 11.6. The number of carbonyl (C=O) groups excluding carboxylic acids is 1. The summed E-state index contributed by atoms with van der Waals surface area (Å²) in [6, 6.07) is 1.29. The number of nitrogen functional groups attached to an aromatic ring is 1. The summed E-state index contributed by atoms with van der Waals surface area (Å²) in [5.74, 6) is -1.01. The second kappa shape index (κ2) is 5.55. The van der Waals surface area contributed by atoms with Gasteiger partial charge in [0.1, 0.15) is 5.82 Å². The first-order chi connectivity index (χ1) is 8.69. The number of aromatic carboxylic acids is 1. The van der Waals surface area contributed by atoms with Crippen molar-refractivity contribution in [3.8, 4) is 0 Å². The lowest BCUT2D eigenvalue weighted by molar-refractivity contribution is -0.120. The summed E-state index contributed by atoms with van der Waals surface area (Å²) in [4.78, 5) is 26.2. The van der Waals surface area contributed by atoms with Crippen LogP contribution < -0.4 is 16.4 Å². The number of carboxylic acid groups (broad SMARTS) is 1. The molecule has 1 aromatic rings. The van der Waals surface area contributed by atoms with Gasteiger partial charge < -0.3 is 21.5 Å². The molecule has 104 valence electrons. The molecule has 1 amide bonds. The van der Waals surface area contributed by atoms with Crippen LogP contribution in [0.2, 0.25) is 0 Å². The van der Waals surface area contributed by atoms with Crippen LogP contribution in [-0.2, 0) is 4.79 Å². The zero-order chi connectivity index (χ0) is 14.6. The van der Waals surface area contributed by atoms with Gasteiger partial charge >= 0.3 is 5.97 Å². The zero-order valence-electron chi connectivity index (χ0n) is 11.2. The molecule has 0 aliphatic rings. The quantitative estimate of drug-likeness (QED) is 0.637. The van der Waals surface area contributed by atoms with Gasteiger partial charge in [-0.15, -0.1) is 0 Å². The highest BCUT2D eigenvalue weighted by Gasteiger charge is 2.14. The minimum atomic E-state index is -1.10. The molecular weight excluding hydrogens is 248 g/mol. The lowest BCUT2D eigenvalue weighted by atomic mass is 10.1. The summed E-state index contributed by atoms with van der Waals surface area (Å²) in [6.45, 7) is 5.64. The number of amides is 1. The van der Waals surface area contributed by atoms with Gasteiger partial charge in [0.15, 0.2) is 0 Å². The number of carboxylic acids is 1. The van der Waals surface area contributed by atoms with Crippen LogP contribution in [0.5, 0.6) is 0 Å². The van der Waals surface area contributed by atoms with E-state index in [4.69, 9.17) is 10.8 Å². The molecule has 0 aliphatic heterocycles. The monoisotopic (exact) mass is 266 g/mol. The van der Waals surface area contributed by atoms with E-state index in [1.54, 1.807) is 0 Å². The van der Waals surface area contributed by atoms with Gasteiger partial charge in [-0.3, -0.25) is 4.79 Å². The smallest absolute Gasteiger partial charge is 0.337 e. The summed E-state index contributed by atoms with van der Waals surface area (Å²) < 4.78 is 0. The molecule has 0 aliphatic carbocycles. The van der Waals surface area contributed by atoms with E-state index in [0.717, 1.165) is 0 Å². The Hall–Kier alpha value is -2.31. The van der Waals surface area contributed by atoms with Crippen molar-refractivity contribution in [2.45, 2.75) is 26.3 Å². The highest BCUT2D eigenvalue weighted by molar-refractivity contribution is 5.89. The predicted octanol–water partition coefficient (Wildman–Crippen LogP) is 0.689. The Morgan fingerprint density at radius 1 is 1.42 bits per heavy atom. The molecule has 0 unspecified atom stereocenters. The number of nitrogens with two attached hydrogens (primary N) is 1. The van der Waals surface area contributed by atoms with Crippen LogP contribution in [0.15, 0.2) is 12.3 Å². The van der Waals surface area contributed by atoms with Crippen molar-refractivity contribution in [2.24, 2.45) is 0 Å². The number of anilines is 2. The largest absolute Gasteiger partial charge is 0.478 e. The van der Waals surface area contributed by atoms with Crippen LogP contribution in [-0.4, -0.2) is 34.1 Å². The summed E-state index contributed by atoms with van der Waals surface area (Å²) in [7, 11) is 0. The van der Waals surface area contributed by atoms with Crippen molar-refractivity contribution in [3.63, 3.8) is 0 Å². The van der Waals surface area contributed by atoms with E-state index in [-0.39, 0.29) is 35.1 Å². The van der Waals surface area contributed by atoms with Gasteiger partial charge in [-0.1, -0.05) is 0 Å². The summed E-state index contributed by atoms with van der Waals surface area (Å²) >= 11 is 0. The Morgan fingerprint density at radius 2 is 2.05 bits per heavy atom. The molecule has 7 heteroatoms. The SMILES string of the molecule is CC(C)(C)NC(=O)CNc1ncc(C(=O)O)cc1N. The third-order valence-corrected chi connectivity index (χ3v) is 2.09. The summed E-state index contributed by atoms with van der Waals surface area (Å²) in [5, 5.41) is 14.3. The Morgan fingerprint density at radius 3 is 2.53 bits per heavy atom. The van der Waals surface area contributed by atoms with Gasteiger partial charge in [-0.25, -0.2) is 9.78 Å². The molecule has 0 atom stereocenters. The molecule has 0 radical (unpaired) electrons. The van der Waals surface area contributed by atoms with Gasteiger partial charge in [0.25, 0.3) is 0 Å². The minimum absolute atomic E-state index is 0.00203. The van der Waals surface area contributed by atoms with E-state index >= 15 is 0 Å². The van der Waals surface area contributed by atoms with Gasteiger partial charge in [-0.2, -0.15) is 0 Å². The second-order valence-electron chi connectivity index (χ2n) is 5.12. The molecule has 19 heavy (non-hydrogen) atoms. The molecular formula is C12H18N4O3. The minimum Gasteiger partial charge on any atom is -0.478 e. The predicted molar refractivity (Wildman–Crippen MR) is 72.0 cm³/mol. The fraction of sp³-hybridized carbons (Fsp3) is 0.417. The van der Waals surface area contributed by atoms with E-state index in [9.17, 15) is 9.59 Å². The number of pyridine rings is 1. The number of hydrogen-bond donors (Lipinski definition) is 4. The average molecular weight is 266 g/mol. The number of carbonyl (C=O) groups is 2. The molecule has 7 nitrogen and oxygen atoms in total. The van der Waals surface area contributed by atoms with Crippen LogP contribution in [0.3, 0.4) is 0 Å². The van der Waals surface area contributed by atoms with Crippen molar-refractivity contribution >= 4 is 23.4 Å². The number of nitrogens with zero attached hydrogens (tertiary/aromatic N) is 1. The Balaban J connectivity index is 2.64. The summed E-state index contributed by atoms with van der Waals surface area (Å²) in [6.07, 6.45) is 1.18. The Labute approximate surface area is 111 Å². The molecule has 0 saturated carbocycles. The van der Waals surface area contributed by atoms with Crippen LogP contribution in [0.4, 0.5) is 11.5 Å². The van der Waals surface area contributed by atoms with E-state index in [0.29, 0.717) is 0 Å². The van der Waals surface area contributed by atoms with Crippen molar-refractivity contribution in [1.82, 2.24) is 10.3 Å². The Kier molecular flexibility index (Phi) is 4.31. The van der Waals surface area contributed by atoms with Gasteiger partial charge in [0.2, 0.25) is 5.91 Å². The van der Waals surface area contributed by atoms with E-state index in [1.165, 1.54) is 12.3 Å². The molecule has 1 aromatic heterocycles. The summed E-state index contributed by atoms with van der Waals surface area (Å²) in [5.41, 5.74) is 5.52. The topological polar surface area (TPSA) is 117 Å². The first-order valence-electron chi connectivity index (χ1n) is 5.73. The molecule has 1 heterocycles. The van der Waals surface area contributed by atoms with Crippen LogP contribution >= 0.6 is 0 Å². The zero-order valence-corrected chi connectivity index (χ0v) is 11.2. The van der Waals surface area contributed by atoms with Gasteiger partial charge in [-0.05, 0) is 26.8 Å². The lowest BCUT2D eigenvalue weighted by Crippen LogP contribution is -2.43. The van der Waals surface area contributed by atoms with Crippen molar-refractivity contribution in [2.75, 3.05) is 17.6 Å². The van der Waals surface area contributed by atoms with Gasteiger partial charge in [0.05, 0.1) is 17.8 Å². The average Bonchev–Trinajstić information content (AvgIpc) is 2.24. The third-order valence-electron chi connectivity index (χ3n) is 2.09. The number of aromatic nitrogens is 1. The normalized spacial score (nSPS) is 10.9. The van der Waals surface area contributed by atoms with Crippen LogP contribution in [0.25, 0.3) is 0 Å². The first kappa shape index (κ1) is 14.7. The number of rotatable bonds is 4. The maximum absolute atomic E-state index is 11.6. The fourth-order valence-electron chi connectivity index (χ4n) is 1.37. The molecule has 0 saturated heterocycles. The van der Waals surface area contributed by atoms with Gasteiger partial charge in [0, 0.05) is 11.7 Å². The molecule has 5 N–H and O–H groups in total. The standard InChI is InChI=1S/C12H18N4O3/c1-12(2,3)16-9(17)6-15-10-8(13)4-7(5-14-10)11(18)19/h4-5H,6,13H2,1-3H3,(H,14,15)(H,16,17)(H,18,19). The van der Waals surface area contributed by atoms with E-state index in [1.807, 2.05) is 20.8 Å². The molecule has 0 aromatic carbocycles. The van der Waals surface area contributed by atoms with Crippen molar-refractivity contribution < 1.29 is 14.7 Å². The van der Waals surface area contributed by atoms with E-state index in [2.05, 4.69) is 15.6 Å². The molecule has 0 fully saturated rings. The molecule has 0 spiro atoms. The van der Waals surface area contributed by atoms with Crippen LogP contribution in [0.1, 0.15) is 31.1 Å². The molecule has 1 rings (SSSR count). The lowest BCUT2D eigenvalue weighted by Gasteiger charge is -2.20. The van der Waals surface area contributed by atoms with Crippen molar-refractivity contribution in [3.05, 3.63) is 17.8 Å². The second-order valence-corrected chi connectivity index (χ2v) is 5.12. The molecule has 0 bridgehead atoms.